The quantitative estimate of drug-likeness (QED) is 0.722. The van der Waals surface area contributed by atoms with Crippen LogP contribution in [-0.2, 0) is 6.54 Å². The van der Waals surface area contributed by atoms with E-state index < -0.39 is 0 Å². The third-order valence-corrected chi connectivity index (χ3v) is 5.31. The van der Waals surface area contributed by atoms with Crippen molar-refractivity contribution in [1.82, 2.24) is 19.5 Å². The first-order valence-electron chi connectivity index (χ1n) is 9.41. The van der Waals surface area contributed by atoms with E-state index in [1.807, 2.05) is 6.20 Å². The van der Waals surface area contributed by atoms with Gasteiger partial charge in [0.15, 0.2) is 5.65 Å². The lowest BCUT2D eigenvalue weighted by Gasteiger charge is -2.33. The van der Waals surface area contributed by atoms with Crippen LogP contribution in [-0.4, -0.2) is 46.7 Å². The highest BCUT2D eigenvalue weighted by Gasteiger charge is 2.25. The van der Waals surface area contributed by atoms with Gasteiger partial charge in [-0.1, -0.05) is 30.3 Å². The minimum atomic E-state index is 0.493. The Labute approximate surface area is 155 Å². The summed E-state index contributed by atoms with van der Waals surface area (Å²) in [4.78, 5) is 9.29. The largest absolute Gasteiger partial charge is 0.373 e. The number of piperidine rings is 1. The van der Waals surface area contributed by atoms with Crippen LogP contribution in [0.2, 0.25) is 0 Å². The molecule has 1 unspecified atom stereocenters. The van der Waals surface area contributed by atoms with E-state index >= 15 is 0 Å². The van der Waals surface area contributed by atoms with Crippen molar-refractivity contribution in [1.29, 1.82) is 0 Å². The minimum Gasteiger partial charge on any atom is -0.373 e. The molecule has 2 aromatic heterocycles. The van der Waals surface area contributed by atoms with Gasteiger partial charge in [-0.15, -0.1) is 0 Å². The van der Waals surface area contributed by atoms with Crippen molar-refractivity contribution in [2.75, 3.05) is 32.1 Å². The van der Waals surface area contributed by atoms with Crippen LogP contribution < -0.4 is 4.90 Å². The van der Waals surface area contributed by atoms with Crippen LogP contribution >= 0.6 is 0 Å². The highest BCUT2D eigenvalue weighted by atomic mass is 15.3. The second-order valence-corrected chi connectivity index (χ2v) is 7.49. The van der Waals surface area contributed by atoms with Crippen molar-refractivity contribution in [3.05, 3.63) is 59.5 Å². The maximum absolute atomic E-state index is 4.81. The zero-order chi connectivity index (χ0) is 18.1. The molecular formula is C21H27N5. The number of fused-ring (bicyclic) bond motifs is 1. The number of rotatable bonds is 4. The van der Waals surface area contributed by atoms with Gasteiger partial charge in [0.25, 0.3) is 0 Å². The van der Waals surface area contributed by atoms with Crippen molar-refractivity contribution in [2.45, 2.75) is 32.2 Å². The summed E-state index contributed by atoms with van der Waals surface area (Å²) >= 11 is 0. The van der Waals surface area contributed by atoms with Gasteiger partial charge in [-0.3, -0.25) is 4.90 Å². The van der Waals surface area contributed by atoms with Crippen LogP contribution in [0.1, 0.15) is 35.7 Å². The molecule has 1 aliphatic rings. The summed E-state index contributed by atoms with van der Waals surface area (Å²) < 4.78 is 2.07. The molecule has 1 saturated heterocycles. The van der Waals surface area contributed by atoms with Gasteiger partial charge in [0.1, 0.15) is 5.69 Å². The fourth-order valence-electron chi connectivity index (χ4n) is 4.17. The van der Waals surface area contributed by atoms with E-state index in [-0.39, 0.29) is 0 Å². The zero-order valence-electron chi connectivity index (χ0n) is 15.9. The summed E-state index contributed by atoms with van der Waals surface area (Å²) in [5.41, 5.74) is 5.78. The van der Waals surface area contributed by atoms with Crippen LogP contribution in [0.15, 0.2) is 42.6 Å². The first kappa shape index (κ1) is 17.0. The van der Waals surface area contributed by atoms with Crippen molar-refractivity contribution in [2.24, 2.45) is 0 Å². The predicted octanol–water partition coefficient (Wildman–Crippen LogP) is 3.48. The monoisotopic (exact) mass is 349 g/mol. The van der Waals surface area contributed by atoms with Crippen molar-refractivity contribution in [3.63, 3.8) is 0 Å². The molecule has 5 nitrogen and oxygen atoms in total. The third-order valence-electron chi connectivity index (χ3n) is 5.31. The Kier molecular flexibility index (Phi) is 4.64. The molecule has 0 aliphatic carbocycles. The summed E-state index contributed by atoms with van der Waals surface area (Å²) in [6, 6.07) is 12.9. The Hall–Kier alpha value is -2.40. The zero-order valence-corrected chi connectivity index (χ0v) is 15.9. The molecule has 1 fully saturated rings. The second kappa shape index (κ2) is 7.08. The molecule has 3 aromatic rings. The predicted molar refractivity (Wildman–Crippen MR) is 106 cm³/mol. The maximum Gasteiger partial charge on any atom is 0.179 e. The fourth-order valence-corrected chi connectivity index (χ4v) is 4.17. The van der Waals surface area contributed by atoms with E-state index in [9.17, 15) is 0 Å². The molecule has 1 atom stereocenters. The lowest BCUT2D eigenvalue weighted by molar-refractivity contribution is 0.197. The van der Waals surface area contributed by atoms with Gasteiger partial charge in [0.05, 0.1) is 11.4 Å². The van der Waals surface area contributed by atoms with Gasteiger partial charge >= 0.3 is 0 Å². The summed E-state index contributed by atoms with van der Waals surface area (Å²) in [6.07, 6.45) is 4.37. The van der Waals surface area contributed by atoms with Crippen LogP contribution in [0, 0.1) is 6.92 Å². The Bertz CT molecular complexity index is 884. The molecule has 3 heterocycles. The molecular weight excluding hydrogens is 322 g/mol. The van der Waals surface area contributed by atoms with E-state index in [0.29, 0.717) is 5.92 Å². The average Bonchev–Trinajstić information content (AvgIpc) is 2.98. The number of benzene rings is 1. The van der Waals surface area contributed by atoms with Crippen LogP contribution in [0.25, 0.3) is 5.65 Å². The maximum atomic E-state index is 4.81. The number of aryl methyl sites for hydroxylation is 1. The molecule has 136 valence electrons. The number of likely N-dealkylation sites (tertiary alicyclic amines) is 1. The standard InChI is InChI=1S/C21H27N5/c1-16-20(24(2)3)21-22-12-11-19(26(21)23-16)18-10-7-13-25(15-18)14-17-8-5-4-6-9-17/h4-6,8-9,11-12,18H,7,10,13-15H2,1-3H3. The lowest BCUT2D eigenvalue weighted by atomic mass is 9.94. The highest BCUT2D eigenvalue weighted by Crippen LogP contribution is 2.30. The first-order valence-corrected chi connectivity index (χ1v) is 9.41. The normalized spacial score (nSPS) is 18.3. The summed E-state index contributed by atoms with van der Waals surface area (Å²) in [6.45, 7) is 5.33. The molecule has 0 bridgehead atoms. The molecule has 0 amide bonds. The smallest absolute Gasteiger partial charge is 0.179 e. The average molecular weight is 349 g/mol. The number of hydrogen-bond donors (Lipinski definition) is 0. The van der Waals surface area contributed by atoms with E-state index in [1.54, 1.807) is 0 Å². The Morgan fingerprint density at radius 3 is 2.73 bits per heavy atom. The Morgan fingerprint density at radius 2 is 1.96 bits per heavy atom. The van der Waals surface area contributed by atoms with Gasteiger partial charge < -0.3 is 4.90 Å². The highest BCUT2D eigenvalue weighted by molar-refractivity contribution is 5.71. The van der Waals surface area contributed by atoms with Crippen molar-refractivity contribution < 1.29 is 0 Å². The van der Waals surface area contributed by atoms with E-state index in [0.717, 1.165) is 30.1 Å². The molecule has 0 saturated carbocycles. The van der Waals surface area contributed by atoms with E-state index in [1.165, 1.54) is 30.6 Å². The SMILES string of the molecule is Cc1nn2c(C3CCCN(Cc4ccccc4)C3)ccnc2c1N(C)C. The molecule has 1 aliphatic heterocycles. The van der Waals surface area contributed by atoms with Gasteiger partial charge in [-0.2, -0.15) is 5.10 Å². The first-order chi connectivity index (χ1) is 12.6. The molecule has 5 heteroatoms. The van der Waals surface area contributed by atoms with Gasteiger partial charge in [0.2, 0.25) is 0 Å². The lowest BCUT2D eigenvalue weighted by Crippen LogP contribution is -2.34. The van der Waals surface area contributed by atoms with Gasteiger partial charge in [-0.25, -0.2) is 9.50 Å². The molecule has 1 aromatic carbocycles. The van der Waals surface area contributed by atoms with Crippen molar-refractivity contribution >= 4 is 11.3 Å². The van der Waals surface area contributed by atoms with Gasteiger partial charge in [0, 0.05) is 39.3 Å². The number of hydrogen-bond acceptors (Lipinski definition) is 4. The fraction of sp³-hybridized carbons (Fsp3) is 0.429. The second-order valence-electron chi connectivity index (χ2n) is 7.49. The Balaban J connectivity index is 1.62. The number of nitrogens with zero attached hydrogens (tertiary/aromatic N) is 5. The van der Waals surface area contributed by atoms with Crippen LogP contribution in [0.4, 0.5) is 5.69 Å². The molecule has 0 N–H and O–H groups in total. The summed E-state index contributed by atoms with van der Waals surface area (Å²) in [5, 5.41) is 4.81. The van der Waals surface area contributed by atoms with E-state index in [4.69, 9.17) is 5.10 Å². The molecule has 0 spiro atoms. The molecule has 0 radical (unpaired) electrons. The van der Waals surface area contributed by atoms with Crippen LogP contribution in [0.3, 0.4) is 0 Å². The number of anilines is 1. The Morgan fingerprint density at radius 1 is 1.15 bits per heavy atom. The summed E-state index contributed by atoms with van der Waals surface area (Å²) in [7, 11) is 4.11. The summed E-state index contributed by atoms with van der Waals surface area (Å²) in [5.74, 6) is 0.493. The van der Waals surface area contributed by atoms with Crippen molar-refractivity contribution in [3.8, 4) is 0 Å². The molecule has 4 rings (SSSR count). The van der Waals surface area contributed by atoms with Gasteiger partial charge in [-0.05, 0) is 37.9 Å². The minimum absolute atomic E-state index is 0.493. The topological polar surface area (TPSA) is 36.7 Å². The van der Waals surface area contributed by atoms with Crippen LogP contribution in [0.5, 0.6) is 0 Å². The third kappa shape index (κ3) is 3.19. The van der Waals surface area contributed by atoms with E-state index in [2.05, 4.69) is 76.7 Å². The number of aromatic nitrogens is 3. The molecule has 26 heavy (non-hydrogen) atoms.